The lowest BCUT2D eigenvalue weighted by Gasteiger charge is -2.24. The lowest BCUT2D eigenvalue weighted by atomic mass is 9.95. The predicted molar refractivity (Wildman–Crippen MR) is 79.4 cm³/mol. The predicted octanol–water partition coefficient (Wildman–Crippen LogP) is 2.15. The van der Waals surface area contributed by atoms with E-state index in [1.165, 1.54) is 0 Å². The summed E-state index contributed by atoms with van der Waals surface area (Å²) in [6, 6.07) is 2.58. The standard InChI is InChI=1S/C15H29N3O/c1-6-13-10-14(18(7-2)17-13)11-15(5,19)8-9-16-12(3)4/h10,12,16,19H,6-9,11H2,1-5H3. The van der Waals surface area contributed by atoms with E-state index in [9.17, 15) is 5.11 Å². The number of rotatable bonds is 8. The Morgan fingerprint density at radius 2 is 2.11 bits per heavy atom. The average Bonchev–Trinajstić information content (AvgIpc) is 2.69. The maximum Gasteiger partial charge on any atom is 0.0686 e. The molecular weight excluding hydrogens is 238 g/mol. The lowest BCUT2D eigenvalue weighted by Crippen LogP contribution is -2.35. The summed E-state index contributed by atoms with van der Waals surface area (Å²) in [5.41, 5.74) is 1.56. The Balaban J connectivity index is 2.63. The smallest absolute Gasteiger partial charge is 0.0686 e. The van der Waals surface area contributed by atoms with E-state index >= 15 is 0 Å². The van der Waals surface area contributed by atoms with Gasteiger partial charge in [-0.2, -0.15) is 5.10 Å². The van der Waals surface area contributed by atoms with Crippen LogP contribution in [0.2, 0.25) is 0 Å². The van der Waals surface area contributed by atoms with Crippen molar-refractivity contribution >= 4 is 0 Å². The molecule has 2 N–H and O–H groups in total. The van der Waals surface area contributed by atoms with Crippen LogP contribution in [0.5, 0.6) is 0 Å². The van der Waals surface area contributed by atoms with Crippen molar-refractivity contribution < 1.29 is 5.11 Å². The molecule has 1 aromatic heterocycles. The van der Waals surface area contributed by atoms with Crippen LogP contribution in [0, 0.1) is 0 Å². The molecule has 0 spiro atoms. The van der Waals surface area contributed by atoms with E-state index in [0.717, 1.165) is 37.3 Å². The van der Waals surface area contributed by atoms with Crippen molar-refractivity contribution in [2.24, 2.45) is 0 Å². The van der Waals surface area contributed by atoms with Gasteiger partial charge in [0, 0.05) is 24.7 Å². The molecule has 1 atom stereocenters. The van der Waals surface area contributed by atoms with Crippen LogP contribution < -0.4 is 5.32 Å². The Hall–Kier alpha value is -0.870. The van der Waals surface area contributed by atoms with Gasteiger partial charge in [-0.1, -0.05) is 20.8 Å². The number of aromatic nitrogens is 2. The Kier molecular flexibility index (Phi) is 6.01. The first-order chi connectivity index (χ1) is 8.88. The van der Waals surface area contributed by atoms with Crippen molar-refractivity contribution in [3.63, 3.8) is 0 Å². The highest BCUT2D eigenvalue weighted by molar-refractivity contribution is 5.12. The van der Waals surface area contributed by atoms with Gasteiger partial charge >= 0.3 is 0 Å². The summed E-state index contributed by atoms with van der Waals surface area (Å²) in [5.74, 6) is 0. The summed E-state index contributed by atoms with van der Waals surface area (Å²) in [7, 11) is 0. The fourth-order valence-electron chi connectivity index (χ4n) is 2.21. The second kappa shape index (κ2) is 7.06. The molecule has 0 saturated heterocycles. The van der Waals surface area contributed by atoms with Gasteiger partial charge in [0.25, 0.3) is 0 Å². The van der Waals surface area contributed by atoms with Crippen molar-refractivity contribution in [3.8, 4) is 0 Å². The van der Waals surface area contributed by atoms with Gasteiger partial charge in [-0.25, -0.2) is 0 Å². The number of hydrogen-bond acceptors (Lipinski definition) is 3. The highest BCUT2D eigenvalue weighted by Gasteiger charge is 2.23. The highest BCUT2D eigenvalue weighted by atomic mass is 16.3. The van der Waals surface area contributed by atoms with Crippen molar-refractivity contribution in [2.75, 3.05) is 6.54 Å². The van der Waals surface area contributed by atoms with Crippen molar-refractivity contribution in [2.45, 2.75) is 72.1 Å². The Bertz CT molecular complexity index is 383. The van der Waals surface area contributed by atoms with Crippen LogP contribution >= 0.6 is 0 Å². The van der Waals surface area contributed by atoms with Crippen LogP contribution in [0.1, 0.15) is 52.4 Å². The van der Waals surface area contributed by atoms with E-state index in [1.54, 1.807) is 0 Å². The number of aliphatic hydroxyl groups is 1. The van der Waals surface area contributed by atoms with Crippen LogP contribution in [-0.4, -0.2) is 33.1 Å². The second-order valence-corrected chi connectivity index (χ2v) is 5.83. The molecule has 19 heavy (non-hydrogen) atoms. The molecule has 4 heteroatoms. The van der Waals surface area contributed by atoms with Crippen molar-refractivity contribution in [1.29, 1.82) is 0 Å². The van der Waals surface area contributed by atoms with Crippen LogP contribution in [0.4, 0.5) is 0 Å². The number of nitrogens with zero attached hydrogens (tertiary/aromatic N) is 2. The van der Waals surface area contributed by atoms with Crippen molar-refractivity contribution in [1.82, 2.24) is 15.1 Å². The molecule has 0 aliphatic rings. The van der Waals surface area contributed by atoms with Gasteiger partial charge in [0.1, 0.15) is 0 Å². The van der Waals surface area contributed by atoms with E-state index < -0.39 is 5.60 Å². The average molecular weight is 267 g/mol. The highest BCUT2D eigenvalue weighted by Crippen LogP contribution is 2.18. The van der Waals surface area contributed by atoms with E-state index in [1.807, 2.05) is 11.6 Å². The Morgan fingerprint density at radius 3 is 2.63 bits per heavy atom. The normalized spacial score (nSPS) is 14.9. The van der Waals surface area contributed by atoms with Gasteiger partial charge in [0.05, 0.1) is 11.3 Å². The van der Waals surface area contributed by atoms with Gasteiger partial charge < -0.3 is 10.4 Å². The Morgan fingerprint density at radius 1 is 1.42 bits per heavy atom. The van der Waals surface area contributed by atoms with Crippen LogP contribution in [-0.2, 0) is 19.4 Å². The first-order valence-corrected chi connectivity index (χ1v) is 7.39. The van der Waals surface area contributed by atoms with E-state index in [0.29, 0.717) is 12.5 Å². The van der Waals surface area contributed by atoms with Gasteiger partial charge in [0.15, 0.2) is 0 Å². The number of aryl methyl sites for hydroxylation is 2. The fourth-order valence-corrected chi connectivity index (χ4v) is 2.21. The number of nitrogens with one attached hydrogen (secondary N) is 1. The molecule has 1 heterocycles. The summed E-state index contributed by atoms with van der Waals surface area (Å²) in [6.45, 7) is 12.0. The summed E-state index contributed by atoms with van der Waals surface area (Å²) in [5, 5.41) is 18.4. The zero-order valence-corrected chi connectivity index (χ0v) is 13.0. The SMILES string of the molecule is CCc1cc(CC(C)(O)CCNC(C)C)n(CC)n1. The zero-order valence-electron chi connectivity index (χ0n) is 13.0. The first-order valence-electron chi connectivity index (χ1n) is 7.39. The monoisotopic (exact) mass is 267 g/mol. The maximum atomic E-state index is 10.5. The van der Waals surface area contributed by atoms with Crippen molar-refractivity contribution in [3.05, 3.63) is 17.5 Å². The quantitative estimate of drug-likeness (QED) is 0.759. The van der Waals surface area contributed by atoms with Gasteiger partial charge in [-0.3, -0.25) is 4.68 Å². The van der Waals surface area contributed by atoms with E-state index in [-0.39, 0.29) is 0 Å². The number of hydrogen-bond donors (Lipinski definition) is 2. The molecular formula is C15H29N3O. The molecule has 0 aliphatic carbocycles. The minimum Gasteiger partial charge on any atom is -0.390 e. The van der Waals surface area contributed by atoms with Crippen LogP contribution in [0.3, 0.4) is 0 Å². The van der Waals surface area contributed by atoms with Crippen LogP contribution in [0.25, 0.3) is 0 Å². The van der Waals surface area contributed by atoms with E-state index in [2.05, 4.69) is 44.2 Å². The van der Waals surface area contributed by atoms with Gasteiger partial charge in [0.2, 0.25) is 0 Å². The molecule has 0 fully saturated rings. The maximum absolute atomic E-state index is 10.5. The van der Waals surface area contributed by atoms with Crippen LogP contribution in [0.15, 0.2) is 6.07 Å². The first kappa shape index (κ1) is 16.2. The fraction of sp³-hybridized carbons (Fsp3) is 0.800. The summed E-state index contributed by atoms with van der Waals surface area (Å²) in [6.07, 6.45) is 2.35. The molecule has 1 unspecified atom stereocenters. The third kappa shape index (κ3) is 5.33. The second-order valence-electron chi connectivity index (χ2n) is 5.83. The third-order valence-electron chi connectivity index (χ3n) is 3.35. The molecule has 4 nitrogen and oxygen atoms in total. The molecule has 0 aromatic carbocycles. The molecule has 0 saturated carbocycles. The molecule has 0 aliphatic heterocycles. The third-order valence-corrected chi connectivity index (χ3v) is 3.35. The molecule has 0 amide bonds. The molecule has 0 radical (unpaired) electrons. The summed E-state index contributed by atoms with van der Waals surface area (Å²) >= 11 is 0. The van der Waals surface area contributed by atoms with Gasteiger partial charge in [-0.15, -0.1) is 0 Å². The largest absolute Gasteiger partial charge is 0.390 e. The minimum absolute atomic E-state index is 0.462. The lowest BCUT2D eigenvalue weighted by molar-refractivity contribution is 0.0490. The molecule has 1 rings (SSSR count). The summed E-state index contributed by atoms with van der Waals surface area (Å²) in [4.78, 5) is 0. The molecule has 1 aromatic rings. The van der Waals surface area contributed by atoms with Gasteiger partial charge in [-0.05, 0) is 39.3 Å². The molecule has 0 bridgehead atoms. The Labute approximate surface area is 117 Å². The van der Waals surface area contributed by atoms with E-state index in [4.69, 9.17) is 0 Å². The molecule has 110 valence electrons. The minimum atomic E-state index is -0.681. The topological polar surface area (TPSA) is 50.1 Å². The zero-order chi connectivity index (χ0) is 14.5. The summed E-state index contributed by atoms with van der Waals surface area (Å²) < 4.78 is 2.00.